The number of anilines is 1. The normalized spacial score (nSPS) is 10.3. The zero-order valence-corrected chi connectivity index (χ0v) is 19.0. The number of thiophene rings is 1. The number of nitrogens with one attached hydrogen (secondary N) is 2. The molecule has 0 saturated carbocycles. The third kappa shape index (κ3) is 6.71. The maximum absolute atomic E-state index is 12.5. The van der Waals surface area contributed by atoms with Gasteiger partial charge in [-0.1, -0.05) is 13.3 Å². The van der Waals surface area contributed by atoms with Crippen LogP contribution in [0.15, 0.2) is 24.3 Å². The van der Waals surface area contributed by atoms with E-state index in [0.29, 0.717) is 28.5 Å². The Morgan fingerprint density at radius 2 is 1.74 bits per heavy atom. The molecule has 0 saturated heterocycles. The molecule has 0 bridgehead atoms. The number of carbonyl (C=O) groups excluding carboxylic acids is 3. The quantitative estimate of drug-likeness (QED) is 0.400. The Kier molecular flexibility index (Phi) is 9.33. The van der Waals surface area contributed by atoms with Crippen molar-refractivity contribution >= 4 is 34.1 Å². The van der Waals surface area contributed by atoms with Gasteiger partial charge in [0.05, 0.1) is 24.2 Å². The van der Waals surface area contributed by atoms with Gasteiger partial charge in [0.25, 0.3) is 11.8 Å². The second-order valence-corrected chi connectivity index (χ2v) is 7.62. The number of carbonyl (C=O) groups is 3. The van der Waals surface area contributed by atoms with E-state index in [1.165, 1.54) is 0 Å². The summed E-state index contributed by atoms with van der Waals surface area (Å²) in [5.41, 5.74) is 0.661. The highest BCUT2D eigenvalue weighted by Gasteiger charge is 2.26. The van der Waals surface area contributed by atoms with Crippen molar-refractivity contribution in [2.45, 2.75) is 33.6 Å². The molecular formula is C22H28N2O6S. The molecule has 0 spiro atoms. The average molecular weight is 449 g/mol. The molecule has 0 aliphatic rings. The molecule has 1 aromatic carbocycles. The lowest BCUT2D eigenvalue weighted by molar-refractivity contribution is -0.118. The first-order valence-electron chi connectivity index (χ1n) is 10.1. The Morgan fingerprint density at radius 3 is 2.35 bits per heavy atom. The number of benzene rings is 1. The summed E-state index contributed by atoms with van der Waals surface area (Å²) in [6.07, 6.45) is 1.81. The van der Waals surface area contributed by atoms with Crippen molar-refractivity contribution in [3.05, 3.63) is 40.3 Å². The van der Waals surface area contributed by atoms with E-state index >= 15 is 0 Å². The molecule has 0 atom stereocenters. The predicted octanol–water partition coefficient (Wildman–Crippen LogP) is 3.79. The first kappa shape index (κ1) is 24.2. The lowest BCUT2D eigenvalue weighted by Gasteiger charge is -2.09. The standard InChI is InChI=1S/C22H28N2O6S/c1-5-7-12-23-20(26)19-14(3)18(22(27)29-6-2)21(31-19)24-17(25)13-30-16-10-8-15(28-4)9-11-16/h8-11H,5-7,12-13H2,1-4H3,(H,23,26)(H,24,25). The highest BCUT2D eigenvalue weighted by Crippen LogP contribution is 2.34. The summed E-state index contributed by atoms with van der Waals surface area (Å²) in [5.74, 6) is -0.151. The number of esters is 1. The number of unbranched alkanes of at least 4 members (excludes halogenated alkanes) is 1. The van der Waals surface area contributed by atoms with Crippen LogP contribution in [0.1, 0.15) is 52.3 Å². The van der Waals surface area contributed by atoms with E-state index in [9.17, 15) is 14.4 Å². The van der Waals surface area contributed by atoms with E-state index in [1.807, 2.05) is 6.92 Å². The summed E-state index contributed by atoms with van der Waals surface area (Å²) in [7, 11) is 1.56. The summed E-state index contributed by atoms with van der Waals surface area (Å²) in [5, 5.41) is 5.77. The number of methoxy groups -OCH3 is 1. The van der Waals surface area contributed by atoms with E-state index in [0.717, 1.165) is 24.2 Å². The lowest BCUT2D eigenvalue weighted by atomic mass is 10.1. The Balaban J connectivity index is 2.14. The van der Waals surface area contributed by atoms with Gasteiger partial charge in [-0.05, 0) is 50.1 Å². The van der Waals surface area contributed by atoms with Gasteiger partial charge in [0.2, 0.25) is 0 Å². The van der Waals surface area contributed by atoms with Crippen LogP contribution in [0.25, 0.3) is 0 Å². The van der Waals surface area contributed by atoms with E-state index < -0.39 is 11.9 Å². The molecule has 2 rings (SSSR count). The van der Waals surface area contributed by atoms with Crippen molar-refractivity contribution in [1.29, 1.82) is 0 Å². The molecule has 9 heteroatoms. The van der Waals surface area contributed by atoms with E-state index in [2.05, 4.69) is 10.6 Å². The molecule has 2 aromatic rings. The third-order valence-corrected chi connectivity index (χ3v) is 5.54. The number of ether oxygens (including phenoxy) is 3. The summed E-state index contributed by atoms with van der Waals surface area (Å²) in [6.45, 7) is 5.85. The van der Waals surface area contributed by atoms with Crippen molar-refractivity contribution in [2.75, 3.05) is 32.2 Å². The molecular weight excluding hydrogens is 420 g/mol. The van der Waals surface area contributed by atoms with Gasteiger partial charge in [-0.2, -0.15) is 0 Å². The van der Waals surface area contributed by atoms with Gasteiger partial charge in [-0.15, -0.1) is 11.3 Å². The third-order valence-electron chi connectivity index (χ3n) is 4.33. The van der Waals surface area contributed by atoms with Gasteiger partial charge in [0.15, 0.2) is 6.61 Å². The monoisotopic (exact) mass is 448 g/mol. The molecule has 8 nitrogen and oxygen atoms in total. The van der Waals surface area contributed by atoms with Crippen LogP contribution >= 0.6 is 11.3 Å². The van der Waals surface area contributed by atoms with Gasteiger partial charge in [0, 0.05) is 6.54 Å². The Morgan fingerprint density at radius 1 is 1.06 bits per heavy atom. The zero-order valence-electron chi connectivity index (χ0n) is 18.2. The second kappa shape index (κ2) is 11.9. The van der Waals surface area contributed by atoms with E-state index in [1.54, 1.807) is 45.2 Å². The van der Waals surface area contributed by atoms with Gasteiger partial charge in [-0.3, -0.25) is 9.59 Å². The minimum atomic E-state index is -0.588. The minimum Gasteiger partial charge on any atom is -0.497 e. The van der Waals surface area contributed by atoms with Crippen LogP contribution in [-0.4, -0.2) is 44.7 Å². The highest BCUT2D eigenvalue weighted by molar-refractivity contribution is 7.18. The van der Waals surface area contributed by atoms with Gasteiger partial charge >= 0.3 is 5.97 Å². The Hall–Kier alpha value is -3.07. The molecule has 1 heterocycles. The summed E-state index contributed by atoms with van der Waals surface area (Å²) in [6, 6.07) is 6.81. The highest BCUT2D eigenvalue weighted by atomic mass is 32.1. The zero-order chi connectivity index (χ0) is 22.8. The van der Waals surface area contributed by atoms with Gasteiger partial charge < -0.3 is 24.8 Å². The number of hydrogen-bond donors (Lipinski definition) is 2. The van der Waals surface area contributed by atoms with E-state index in [4.69, 9.17) is 14.2 Å². The van der Waals surface area contributed by atoms with E-state index in [-0.39, 0.29) is 29.7 Å². The molecule has 0 aliphatic carbocycles. The molecule has 0 aliphatic heterocycles. The Bertz CT molecular complexity index is 907. The van der Waals surface area contributed by atoms with Crippen LogP contribution in [0.4, 0.5) is 5.00 Å². The maximum Gasteiger partial charge on any atom is 0.341 e. The van der Waals surface area contributed by atoms with Gasteiger partial charge in [-0.25, -0.2) is 4.79 Å². The van der Waals surface area contributed by atoms with Crippen molar-refractivity contribution < 1.29 is 28.6 Å². The number of rotatable bonds is 11. The lowest BCUT2D eigenvalue weighted by Crippen LogP contribution is -2.24. The van der Waals surface area contributed by atoms with Crippen molar-refractivity contribution in [1.82, 2.24) is 5.32 Å². The summed E-state index contributed by atoms with van der Waals surface area (Å²) >= 11 is 1.04. The van der Waals surface area contributed by atoms with Crippen LogP contribution in [-0.2, 0) is 9.53 Å². The molecule has 31 heavy (non-hydrogen) atoms. The second-order valence-electron chi connectivity index (χ2n) is 6.60. The smallest absolute Gasteiger partial charge is 0.341 e. The molecule has 0 fully saturated rings. The fourth-order valence-electron chi connectivity index (χ4n) is 2.71. The summed E-state index contributed by atoms with van der Waals surface area (Å²) in [4.78, 5) is 37.8. The fourth-order valence-corrected chi connectivity index (χ4v) is 3.84. The maximum atomic E-state index is 12.5. The van der Waals surface area contributed by atoms with Crippen LogP contribution in [0.2, 0.25) is 0 Å². The fraction of sp³-hybridized carbons (Fsp3) is 0.409. The largest absolute Gasteiger partial charge is 0.497 e. The number of hydrogen-bond acceptors (Lipinski definition) is 7. The first-order chi connectivity index (χ1) is 14.9. The number of amides is 2. The van der Waals surface area contributed by atoms with Crippen molar-refractivity contribution in [3.63, 3.8) is 0 Å². The molecule has 1 aromatic heterocycles. The molecule has 2 amide bonds. The van der Waals surface area contributed by atoms with Crippen LogP contribution in [0.5, 0.6) is 11.5 Å². The first-order valence-corrected chi connectivity index (χ1v) is 10.9. The topological polar surface area (TPSA) is 103 Å². The molecule has 168 valence electrons. The van der Waals surface area contributed by atoms with Crippen LogP contribution < -0.4 is 20.1 Å². The van der Waals surface area contributed by atoms with Crippen LogP contribution in [0, 0.1) is 6.92 Å². The Labute approximate surface area is 185 Å². The van der Waals surface area contributed by atoms with Crippen molar-refractivity contribution in [3.8, 4) is 11.5 Å². The summed E-state index contributed by atoms with van der Waals surface area (Å²) < 4.78 is 15.7. The average Bonchev–Trinajstić information content (AvgIpc) is 3.08. The van der Waals surface area contributed by atoms with Gasteiger partial charge in [0.1, 0.15) is 16.5 Å². The van der Waals surface area contributed by atoms with Crippen molar-refractivity contribution in [2.24, 2.45) is 0 Å². The SMILES string of the molecule is CCCCNC(=O)c1sc(NC(=O)COc2ccc(OC)cc2)c(C(=O)OCC)c1C. The predicted molar refractivity (Wildman–Crippen MR) is 119 cm³/mol. The molecule has 0 unspecified atom stereocenters. The minimum absolute atomic E-state index is 0.181. The molecule has 2 N–H and O–H groups in total. The molecule has 0 radical (unpaired) electrons. The van der Waals surface area contributed by atoms with Crippen LogP contribution in [0.3, 0.4) is 0 Å².